The molecule has 0 radical (unpaired) electrons. The first-order valence-corrected chi connectivity index (χ1v) is 8.69. The quantitative estimate of drug-likeness (QED) is 0.490. The molecule has 27 heavy (non-hydrogen) atoms. The molecule has 0 fully saturated rings. The van der Waals surface area contributed by atoms with E-state index in [9.17, 15) is 13.2 Å². The summed E-state index contributed by atoms with van der Waals surface area (Å²) in [6.07, 6.45) is 3.48. The van der Waals surface area contributed by atoms with Crippen LogP contribution in [-0.2, 0) is 20.0 Å². The Bertz CT molecular complexity index is 1210. The highest BCUT2D eigenvalue weighted by atomic mass is 19.2. The molecule has 2 aromatic heterocycles. The van der Waals surface area contributed by atoms with Crippen LogP contribution in [0.25, 0.3) is 33.4 Å². The molecule has 2 aromatic carbocycles. The van der Waals surface area contributed by atoms with Gasteiger partial charge in [0.05, 0.1) is 17.4 Å². The van der Waals surface area contributed by atoms with Gasteiger partial charge in [-0.25, -0.2) is 18.2 Å². The smallest absolute Gasteiger partial charge is 0.161 e. The van der Waals surface area contributed by atoms with E-state index in [4.69, 9.17) is 0 Å². The van der Waals surface area contributed by atoms with E-state index in [0.29, 0.717) is 11.8 Å². The van der Waals surface area contributed by atoms with Gasteiger partial charge < -0.3 is 4.57 Å². The monoisotopic (exact) mass is 368 g/mol. The molecule has 0 bridgehead atoms. The highest BCUT2D eigenvalue weighted by molar-refractivity contribution is 5.88. The Morgan fingerprint density at radius 3 is 2.67 bits per heavy atom. The van der Waals surface area contributed by atoms with Crippen molar-refractivity contribution in [2.75, 3.05) is 0 Å². The number of benzene rings is 2. The van der Waals surface area contributed by atoms with Crippen LogP contribution in [0.4, 0.5) is 13.2 Å². The average Bonchev–Trinajstić information content (AvgIpc) is 3.33. The first-order valence-electron chi connectivity index (χ1n) is 8.69. The van der Waals surface area contributed by atoms with Crippen molar-refractivity contribution in [1.82, 2.24) is 19.3 Å². The maximum Gasteiger partial charge on any atom is 0.161 e. The van der Waals surface area contributed by atoms with E-state index in [2.05, 4.69) is 10.1 Å². The molecular weight excluding hydrogens is 353 g/mol. The molecule has 7 heteroatoms. The molecular formula is C20H15F3N4. The summed E-state index contributed by atoms with van der Waals surface area (Å²) in [7, 11) is 1.90. The maximum absolute atomic E-state index is 14.5. The zero-order valence-electron chi connectivity index (χ0n) is 14.5. The molecule has 4 aromatic rings. The number of rotatable bonds is 2. The number of hydrogen-bond donors (Lipinski definition) is 0. The van der Waals surface area contributed by atoms with Crippen molar-refractivity contribution in [3.63, 3.8) is 0 Å². The zero-order chi connectivity index (χ0) is 18.7. The highest BCUT2D eigenvalue weighted by Crippen LogP contribution is 2.39. The molecule has 3 heterocycles. The number of aryl methyl sites for hydroxylation is 2. The lowest BCUT2D eigenvalue weighted by Crippen LogP contribution is -1.96. The molecule has 0 amide bonds. The fourth-order valence-corrected chi connectivity index (χ4v) is 3.81. The number of nitrogens with zero attached hydrogens (tertiary/aromatic N) is 4. The maximum atomic E-state index is 14.5. The number of imidazole rings is 1. The third kappa shape index (κ3) is 2.38. The van der Waals surface area contributed by atoms with Crippen LogP contribution in [0.1, 0.15) is 12.1 Å². The van der Waals surface area contributed by atoms with Crippen molar-refractivity contribution in [3.05, 3.63) is 59.8 Å². The van der Waals surface area contributed by atoms with E-state index in [-0.39, 0.29) is 5.56 Å². The second-order valence-corrected chi connectivity index (χ2v) is 6.80. The van der Waals surface area contributed by atoms with Crippen molar-refractivity contribution >= 4 is 11.0 Å². The molecule has 5 rings (SSSR count). The van der Waals surface area contributed by atoms with Gasteiger partial charge in [-0.1, -0.05) is 6.07 Å². The van der Waals surface area contributed by atoms with Gasteiger partial charge >= 0.3 is 0 Å². The van der Waals surface area contributed by atoms with Gasteiger partial charge in [-0.3, -0.25) is 4.68 Å². The van der Waals surface area contributed by atoms with Crippen LogP contribution in [0.15, 0.2) is 36.7 Å². The van der Waals surface area contributed by atoms with Crippen LogP contribution in [-0.4, -0.2) is 19.3 Å². The summed E-state index contributed by atoms with van der Waals surface area (Å²) in [6, 6.07) is 7.24. The largest absolute Gasteiger partial charge is 0.334 e. The van der Waals surface area contributed by atoms with Crippen LogP contribution in [0, 0.1) is 17.5 Å². The Labute approximate surface area is 152 Å². The second-order valence-electron chi connectivity index (χ2n) is 6.80. The second kappa shape index (κ2) is 5.70. The minimum Gasteiger partial charge on any atom is -0.334 e. The van der Waals surface area contributed by atoms with Gasteiger partial charge in [-0.05, 0) is 36.6 Å². The molecule has 0 saturated heterocycles. The number of hydrogen-bond acceptors (Lipinski definition) is 2. The number of halogens is 3. The third-order valence-electron chi connectivity index (χ3n) is 5.12. The molecule has 136 valence electrons. The lowest BCUT2D eigenvalue weighted by molar-refractivity contribution is 0.496. The zero-order valence-corrected chi connectivity index (χ0v) is 14.5. The first kappa shape index (κ1) is 16.1. The van der Waals surface area contributed by atoms with E-state index >= 15 is 0 Å². The average molecular weight is 368 g/mol. The first-order chi connectivity index (χ1) is 13.0. The lowest BCUT2D eigenvalue weighted by atomic mass is 9.97. The fraction of sp³-hybridized carbons (Fsp3) is 0.200. The summed E-state index contributed by atoms with van der Waals surface area (Å²) in [5.41, 5.74) is 4.69. The van der Waals surface area contributed by atoms with Gasteiger partial charge in [0.25, 0.3) is 0 Å². The Hall–Kier alpha value is -3.09. The molecule has 0 saturated carbocycles. The highest BCUT2D eigenvalue weighted by Gasteiger charge is 2.26. The molecule has 0 N–H and O–H groups in total. The van der Waals surface area contributed by atoms with Crippen LogP contribution in [0.3, 0.4) is 0 Å². The van der Waals surface area contributed by atoms with Crippen molar-refractivity contribution in [1.29, 1.82) is 0 Å². The van der Waals surface area contributed by atoms with E-state index in [1.54, 1.807) is 6.33 Å². The lowest BCUT2D eigenvalue weighted by Gasteiger charge is -2.08. The van der Waals surface area contributed by atoms with Crippen LogP contribution < -0.4 is 0 Å². The Kier molecular flexibility index (Phi) is 3.40. The van der Waals surface area contributed by atoms with E-state index in [0.717, 1.165) is 53.3 Å². The number of fused-ring (bicyclic) bond motifs is 2. The van der Waals surface area contributed by atoms with Crippen LogP contribution >= 0.6 is 0 Å². The molecule has 4 nitrogen and oxygen atoms in total. The molecule has 0 unspecified atom stereocenters. The minimum absolute atomic E-state index is 0.0316. The summed E-state index contributed by atoms with van der Waals surface area (Å²) in [5.74, 6) is -3.12. The Morgan fingerprint density at radius 1 is 1.00 bits per heavy atom. The predicted octanol–water partition coefficient (Wildman–Crippen LogP) is 4.47. The van der Waals surface area contributed by atoms with Crippen molar-refractivity contribution in [3.8, 4) is 22.4 Å². The van der Waals surface area contributed by atoms with Gasteiger partial charge in [0.2, 0.25) is 0 Å². The van der Waals surface area contributed by atoms with E-state index in [1.807, 2.05) is 34.5 Å². The predicted molar refractivity (Wildman–Crippen MR) is 95.6 cm³/mol. The molecule has 1 aliphatic rings. The van der Waals surface area contributed by atoms with Gasteiger partial charge in [0, 0.05) is 36.5 Å². The normalized spacial score (nSPS) is 13.5. The minimum atomic E-state index is -1.21. The van der Waals surface area contributed by atoms with E-state index in [1.165, 1.54) is 0 Å². The molecule has 0 atom stereocenters. The standard InChI is InChI=1S/C20H15F3N4/c1-26-10-24-16-5-4-11(7-18(16)26)19-17-3-2-6-27(17)25-20(19)12-8-14(22)15(23)9-13(12)21/h4-5,7-10H,2-3,6H2,1H3. The van der Waals surface area contributed by atoms with Gasteiger partial charge in [-0.15, -0.1) is 0 Å². The number of aromatic nitrogens is 4. The van der Waals surface area contributed by atoms with Crippen LogP contribution in [0.5, 0.6) is 0 Å². The molecule has 0 spiro atoms. The van der Waals surface area contributed by atoms with Crippen molar-refractivity contribution in [2.24, 2.45) is 7.05 Å². The summed E-state index contributed by atoms with van der Waals surface area (Å²) >= 11 is 0. The SMILES string of the molecule is Cn1cnc2ccc(-c3c(-c4cc(F)c(F)cc4F)nn4c3CCC4)cc21. The van der Waals surface area contributed by atoms with Crippen molar-refractivity contribution in [2.45, 2.75) is 19.4 Å². The van der Waals surface area contributed by atoms with Crippen molar-refractivity contribution < 1.29 is 13.2 Å². The summed E-state index contributed by atoms with van der Waals surface area (Å²) in [4.78, 5) is 4.32. The van der Waals surface area contributed by atoms with Crippen LogP contribution in [0.2, 0.25) is 0 Å². The van der Waals surface area contributed by atoms with Gasteiger partial charge in [0.1, 0.15) is 11.5 Å². The Balaban J connectivity index is 1.79. The molecule has 1 aliphatic heterocycles. The Morgan fingerprint density at radius 2 is 1.81 bits per heavy atom. The van der Waals surface area contributed by atoms with Gasteiger partial charge in [0.15, 0.2) is 11.6 Å². The topological polar surface area (TPSA) is 35.6 Å². The van der Waals surface area contributed by atoms with E-state index < -0.39 is 17.5 Å². The molecule has 0 aliphatic carbocycles. The fourth-order valence-electron chi connectivity index (χ4n) is 3.81. The summed E-state index contributed by atoms with van der Waals surface area (Å²) in [6.45, 7) is 0.724. The summed E-state index contributed by atoms with van der Waals surface area (Å²) < 4.78 is 45.4. The summed E-state index contributed by atoms with van der Waals surface area (Å²) in [5, 5.41) is 4.52. The van der Waals surface area contributed by atoms with Gasteiger partial charge in [-0.2, -0.15) is 5.10 Å². The third-order valence-corrected chi connectivity index (χ3v) is 5.12.